The largest absolute Gasteiger partial charge is 0.338 e. The van der Waals surface area contributed by atoms with Gasteiger partial charge in [0.2, 0.25) is 6.29 Å². The number of nitrogens with one attached hydrogen (secondary N) is 1. The first-order chi connectivity index (χ1) is 9.24. The van der Waals surface area contributed by atoms with Gasteiger partial charge in [-0.05, 0) is 19.9 Å². The van der Waals surface area contributed by atoms with Crippen molar-refractivity contribution in [2.45, 2.75) is 32.0 Å². The minimum Gasteiger partial charge on any atom is -0.337 e. The van der Waals surface area contributed by atoms with Crippen LogP contribution in [0.5, 0.6) is 0 Å². The summed E-state index contributed by atoms with van der Waals surface area (Å²) in [5, 5.41) is 0. The summed E-state index contributed by atoms with van der Waals surface area (Å²) in [6.45, 7) is 3.19. The molecular weight excluding hydrogens is 289 g/mol. The lowest BCUT2D eigenvalue weighted by Crippen LogP contribution is -2.31. The van der Waals surface area contributed by atoms with Crippen molar-refractivity contribution in [3.05, 3.63) is 35.6 Å². The van der Waals surface area contributed by atoms with Crippen LogP contribution in [0, 0.1) is 5.82 Å². The lowest BCUT2D eigenvalue weighted by Gasteiger charge is -2.17. The van der Waals surface area contributed by atoms with Crippen LogP contribution in [-0.2, 0) is 24.0 Å². The van der Waals surface area contributed by atoms with Crippen LogP contribution < -0.4 is 4.72 Å². The van der Waals surface area contributed by atoms with E-state index in [0.29, 0.717) is 0 Å². The second-order valence-corrected chi connectivity index (χ2v) is 6.21. The van der Waals surface area contributed by atoms with Crippen LogP contribution in [0.4, 0.5) is 4.39 Å². The lowest BCUT2D eigenvalue weighted by molar-refractivity contribution is -0.167. The van der Waals surface area contributed by atoms with Gasteiger partial charge in [-0.1, -0.05) is 18.2 Å². The predicted octanol–water partition coefficient (Wildman–Crippen LogP) is 1.46. The molecule has 2 unspecified atom stereocenters. The van der Waals surface area contributed by atoms with E-state index in [-0.39, 0.29) is 5.56 Å². The Balaban J connectivity index is 2.32. The molecule has 1 aliphatic heterocycles. The van der Waals surface area contributed by atoms with E-state index in [4.69, 9.17) is 13.7 Å². The fourth-order valence-electron chi connectivity index (χ4n) is 1.89. The molecule has 2 rings (SSSR count). The van der Waals surface area contributed by atoms with Gasteiger partial charge >= 0.3 is 10.3 Å². The third-order valence-electron chi connectivity index (χ3n) is 2.74. The second kappa shape index (κ2) is 5.38. The average Bonchev–Trinajstić information content (AvgIpc) is 2.64. The number of ether oxygens (including phenoxy) is 2. The molecule has 0 aliphatic carbocycles. The van der Waals surface area contributed by atoms with Gasteiger partial charge in [-0.25, -0.2) is 8.57 Å². The fraction of sp³-hybridized carbons (Fsp3) is 0.500. The zero-order valence-electron chi connectivity index (χ0n) is 11.3. The Labute approximate surface area is 117 Å². The smallest absolute Gasteiger partial charge is 0.337 e. The van der Waals surface area contributed by atoms with Gasteiger partial charge in [-0.3, -0.25) is 0 Å². The maximum absolute atomic E-state index is 13.8. The van der Waals surface area contributed by atoms with E-state index in [1.165, 1.54) is 25.2 Å². The van der Waals surface area contributed by atoms with Crippen LogP contribution in [0.25, 0.3) is 0 Å². The molecule has 1 heterocycles. The summed E-state index contributed by atoms with van der Waals surface area (Å²) in [7, 11) is -2.78. The number of halogens is 1. The number of rotatable bonds is 4. The van der Waals surface area contributed by atoms with Crippen molar-refractivity contribution in [2.24, 2.45) is 0 Å². The van der Waals surface area contributed by atoms with Crippen molar-refractivity contribution >= 4 is 10.3 Å². The first-order valence-corrected chi connectivity index (χ1v) is 7.37. The molecule has 0 saturated carbocycles. The Morgan fingerprint density at radius 3 is 2.55 bits per heavy atom. The highest BCUT2D eigenvalue weighted by Crippen LogP contribution is 2.40. The quantitative estimate of drug-likeness (QED) is 0.911. The van der Waals surface area contributed by atoms with Crippen LogP contribution in [-0.4, -0.2) is 27.5 Å². The first-order valence-electron chi connectivity index (χ1n) is 5.96. The Morgan fingerprint density at radius 2 is 1.95 bits per heavy atom. The van der Waals surface area contributed by atoms with Crippen LogP contribution in [0.2, 0.25) is 0 Å². The van der Waals surface area contributed by atoms with Crippen molar-refractivity contribution < 1.29 is 26.5 Å². The molecule has 0 amide bonds. The summed E-state index contributed by atoms with van der Waals surface area (Å²) >= 11 is 0. The summed E-state index contributed by atoms with van der Waals surface area (Å²) in [5.74, 6) is -1.60. The van der Waals surface area contributed by atoms with E-state index in [9.17, 15) is 12.8 Å². The summed E-state index contributed by atoms with van der Waals surface area (Å²) in [6, 6.07) is 5.90. The zero-order valence-corrected chi connectivity index (χ0v) is 12.1. The Bertz CT molecular complexity index is 589. The molecular formula is C12H16FNO5S. The molecule has 0 aromatic heterocycles. The van der Waals surface area contributed by atoms with E-state index < -0.39 is 34.3 Å². The second-order valence-electron chi connectivity index (χ2n) is 4.70. The highest BCUT2D eigenvalue weighted by molar-refractivity contribution is 7.84. The van der Waals surface area contributed by atoms with Gasteiger partial charge < -0.3 is 9.47 Å². The molecule has 1 fully saturated rings. The van der Waals surface area contributed by atoms with Gasteiger partial charge in [0.1, 0.15) is 11.9 Å². The van der Waals surface area contributed by atoms with Gasteiger partial charge in [0.05, 0.1) is 0 Å². The molecule has 6 nitrogen and oxygen atoms in total. The van der Waals surface area contributed by atoms with Crippen molar-refractivity contribution in [3.63, 3.8) is 0 Å². The average molecular weight is 305 g/mol. The van der Waals surface area contributed by atoms with Crippen molar-refractivity contribution in [1.82, 2.24) is 4.72 Å². The van der Waals surface area contributed by atoms with Crippen LogP contribution >= 0.6 is 0 Å². The topological polar surface area (TPSA) is 73.9 Å². The summed E-state index contributed by atoms with van der Waals surface area (Å²) < 4.78 is 54.5. The van der Waals surface area contributed by atoms with Crippen LogP contribution in [0.1, 0.15) is 25.5 Å². The van der Waals surface area contributed by atoms with Gasteiger partial charge in [0, 0.05) is 12.6 Å². The van der Waals surface area contributed by atoms with Crippen molar-refractivity contribution in [3.8, 4) is 0 Å². The molecule has 20 heavy (non-hydrogen) atoms. The van der Waals surface area contributed by atoms with E-state index >= 15 is 0 Å². The predicted molar refractivity (Wildman–Crippen MR) is 68.2 cm³/mol. The van der Waals surface area contributed by atoms with Crippen molar-refractivity contribution in [1.29, 1.82) is 0 Å². The van der Waals surface area contributed by atoms with Crippen molar-refractivity contribution in [2.75, 3.05) is 7.05 Å². The summed E-state index contributed by atoms with van der Waals surface area (Å²) in [4.78, 5) is 0. The SMILES string of the molecule is CNS(=O)(=O)OC1OC(C)(C)OC1c1ccccc1F. The minimum absolute atomic E-state index is 0.175. The summed E-state index contributed by atoms with van der Waals surface area (Å²) in [6.07, 6.45) is -2.24. The molecule has 1 aliphatic rings. The maximum Gasteiger partial charge on any atom is 0.338 e. The molecule has 0 spiro atoms. The van der Waals surface area contributed by atoms with E-state index in [2.05, 4.69) is 0 Å². The Kier molecular flexibility index (Phi) is 4.12. The van der Waals surface area contributed by atoms with E-state index in [1.807, 2.05) is 4.72 Å². The molecule has 1 aromatic carbocycles. The van der Waals surface area contributed by atoms with E-state index in [0.717, 1.165) is 0 Å². The lowest BCUT2D eigenvalue weighted by atomic mass is 10.1. The molecule has 2 atom stereocenters. The molecule has 1 saturated heterocycles. The summed E-state index contributed by atoms with van der Waals surface area (Å²) in [5.41, 5.74) is 0.175. The van der Waals surface area contributed by atoms with Gasteiger partial charge in [0.25, 0.3) is 0 Å². The van der Waals surface area contributed by atoms with Crippen LogP contribution in [0.15, 0.2) is 24.3 Å². The molecule has 0 radical (unpaired) electrons. The Hall–Kier alpha value is -1.06. The van der Waals surface area contributed by atoms with Crippen LogP contribution in [0.3, 0.4) is 0 Å². The first kappa shape index (κ1) is 15.3. The minimum atomic E-state index is -3.98. The molecule has 1 aromatic rings. The van der Waals surface area contributed by atoms with E-state index in [1.54, 1.807) is 19.9 Å². The van der Waals surface area contributed by atoms with Gasteiger partial charge in [-0.2, -0.15) is 13.1 Å². The number of benzene rings is 1. The fourth-order valence-corrected chi connectivity index (χ4v) is 2.38. The Morgan fingerprint density at radius 1 is 1.30 bits per heavy atom. The third-order valence-corrected chi connectivity index (χ3v) is 3.68. The zero-order chi connectivity index (χ0) is 15.0. The maximum atomic E-state index is 13.8. The third kappa shape index (κ3) is 3.33. The molecule has 1 N–H and O–H groups in total. The normalized spacial score (nSPS) is 25.8. The van der Waals surface area contributed by atoms with Gasteiger partial charge in [-0.15, -0.1) is 0 Å². The molecule has 112 valence electrons. The monoisotopic (exact) mass is 305 g/mol. The van der Waals surface area contributed by atoms with Gasteiger partial charge in [0.15, 0.2) is 5.79 Å². The number of hydrogen-bond acceptors (Lipinski definition) is 5. The molecule has 0 bridgehead atoms. The number of hydrogen-bond donors (Lipinski definition) is 1. The highest BCUT2D eigenvalue weighted by Gasteiger charge is 2.45. The highest BCUT2D eigenvalue weighted by atomic mass is 32.2. The molecule has 8 heteroatoms. The standard InChI is InChI=1S/C12H16FNO5S/c1-12(2)17-10(8-6-4-5-7-9(8)13)11(18-12)19-20(15,16)14-3/h4-7,10-11,14H,1-3H3.